The van der Waals surface area contributed by atoms with E-state index in [0.29, 0.717) is 0 Å². The molecule has 12 rings (SSSR count). The van der Waals surface area contributed by atoms with Crippen LogP contribution in [0.3, 0.4) is 0 Å². The van der Waals surface area contributed by atoms with Crippen molar-refractivity contribution in [2.24, 2.45) is 0 Å². The number of benzene rings is 9. The van der Waals surface area contributed by atoms with Crippen LogP contribution in [0.2, 0.25) is 0 Å². The SMILES string of the molecule is C1=Cc2c(n(-c3ccccc3)c3ccc(-c4ccc(N(c5ccc6c7ccccc7c7ccccc7c6c5)c5cccc6c5oc5ccccc56)cc4)cc23)CC1. The molecule has 2 heterocycles. The van der Waals surface area contributed by atoms with E-state index in [0.717, 1.165) is 51.8 Å². The lowest BCUT2D eigenvalue weighted by Gasteiger charge is -2.26. The van der Waals surface area contributed by atoms with Gasteiger partial charge in [0.25, 0.3) is 0 Å². The van der Waals surface area contributed by atoms with Crippen molar-refractivity contribution in [2.45, 2.75) is 12.8 Å². The summed E-state index contributed by atoms with van der Waals surface area (Å²) in [5, 5.41) is 11.1. The summed E-state index contributed by atoms with van der Waals surface area (Å²) in [7, 11) is 0. The third-order valence-electron chi connectivity index (χ3n) is 12.0. The summed E-state index contributed by atoms with van der Waals surface area (Å²) in [6.45, 7) is 0. The normalized spacial score (nSPS) is 12.7. The lowest BCUT2D eigenvalue weighted by molar-refractivity contribution is 0.669. The van der Waals surface area contributed by atoms with Gasteiger partial charge in [0, 0.05) is 44.5 Å². The molecule has 0 saturated carbocycles. The molecule has 0 amide bonds. The molecule has 0 N–H and O–H groups in total. The van der Waals surface area contributed by atoms with E-state index < -0.39 is 0 Å². The molecule has 268 valence electrons. The number of rotatable bonds is 5. The largest absolute Gasteiger partial charge is 0.454 e. The number of hydrogen-bond donors (Lipinski definition) is 0. The first-order valence-corrected chi connectivity index (χ1v) is 19.8. The van der Waals surface area contributed by atoms with Gasteiger partial charge in [-0.05, 0) is 117 Å². The number of furan rings is 1. The first-order valence-electron chi connectivity index (χ1n) is 19.8. The van der Waals surface area contributed by atoms with Gasteiger partial charge in [0.2, 0.25) is 0 Å². The summed E-state index contributed by atoms with van der Waals surface area (Å²) in [5.41, 5.74) is 12.5. The molecule has 57 heavy (non-hydrogen) atoms. The summed E-state index contributed by atoms with van der Waals surface area (Å²) in [4.78, 5) is 2.36. The highest BCUT2D eigenvalue weighted by Gasteiger charge is 2.22. The molecule has 0 radical (unpaired) electrons. The van der Waals surface area contributed by atoms with E-state index in [2.05, 4.69) is 198 Å². The summed E-state index contributed by atoms with van der Waals surface area (Å²) in [5.74, 6) is 0. The summed E-state index contributed by atoms with van der Waals surface area (Å²) >= 11 is 0. The van der Waals surface area contributed by atoms with Gasteiger partial charge in [0.1, 0.15) is 5.58 Å². The minimum atomic E-state index is 0.873. The number of nitrogens with zero attached hydrogens (tertiary/aromatic N) is 2. The summed E-state index contributed by atoms with van der Waals surface area (Å²) < 4.78 is 9.14. The molecule has 2 aromatic heterocycles. The number of aromatic nitrogens is 1. The zero-order valence-corrected chi connectivity index (χ0v) is 31.2. The van der Waals surface area contributed by atoms with Crippen molar-refractivity contribution in [3.63, 3.8) is 0 Å². The zero-order valence-electron chi connectivity index (χ0n) is 31.2. The van der Waals surface area contributed by atoms with Crippen LogP contribution >= 0.6 is 0 Å². The van der Waals surface area contributed by atoms with Crippen molar-refractivity contribution in [1.82, 2.24) is 4.57 Å². The van der Waals surface area contributed by atoms with Crippen LogP contribution in [0, 0.1) is 0 Å². The number of hydrogen-bond acceptors (Lipinski definition) is 2. The Morgan fingerprint density at radius 2 is 1.09 bits per heavy atom. The van der Waals surface area contributed by atoms with Gasteiger partial charge < -0.3 is 13.9 Å². The van der Waals surface area contributed by atoms with Crippen LogP contribution in [0.15, 0.2) is 192 Å². The van der Waals surface area contributed by atoms with Gasteiger partial charge in [-0.3, -0.25) is 0 Å². The van der Waals surface area contributed by atoms with Crippen LogP contribution in [0.25, 0.3) is 88.0 Å². The van der Waals surface area contributed by atoms with Crippen LogP contribution in [-0.2, 0) is 6.42 Å². The highest BCUT2D eigenvalue weighted by atomic mass is 16.3. The molecule has 1 aliphatic carbocycles. The van der Waals surface area contributed by atoms with Gasteiger partial charge in [-0.1, -0.05) is 133 Å². The molecule has 0 atom stereocenters. The van der Waals surface area contributed by atoms with Crippen LogP contribution in [0.4, 0.5) is 17.1 Å². The molecule has 0 unspecified atom stereocenters. The van der Waals surface area contributed by atoms with E-state index in [4.69, 9.17) is 4.42 Å². The summed E-state index contributed by atoms with van der Waals surface area (Å²) in [6, 6.07) is 66.1. The Hall–Kier alpha value is -7.36. The second-order valence-electron chi connectivity index (χ2n) is 15.2. The predicted octanol–water partition coefficient (Wildman–Crippen LogP) is 15.1. The lowest BCUT2D eigenvalue weighted by Crippen LogP contribution is -2.10. The molecule has 0 saturated heterocycles. The standard InChI is InChI=1S/C54H36N2O/c1-2-13-37(14-3-1)56-50-22-10-8-19-45(50)49-33-36(27-32-51(49)56)35-25-28-38(29-26-35)55(52-23-12-21-47-46-20-9-11-24-53(46)57-54(47)52)39-30-31-44-42-17-5-4-15-40(42)41-16-6-7-18-43(41)48(44)34-39/h1-9,11-21,23-34H,10,22H2. The Bertz CT molecular complexity index is 3370. The molecule has 0 spiro atoms. The average molecular weight is 729 g/mol. The second-order valence-corrected chi connectivity index (χ2v) is 15.2. The van der Waals surface area contributed by atoms with Crippen LogP contribution in [-0.4, -0.2) is 4.57 Å². The van der Waals surface area contributed by atoms with Gasteiger partial charge in [-0.15, -0.1) is 0 Å². The molecule has 0 fully saturated rings. The predicted molar refractivity (Wildman–Crippen MR) is 241 cm³/mol. The van der Waals surface area contributed by atoms with Gasteiger partial charge in [-0.25, -0.2) is 0 Å². The fraction of sp³-hybridized carbons (Fsp3) is 0.0370. The van der Waals surface area contributed by atoms with E-state index in [1.165, 1.54) is 71.3 Å². The molecular formula is C54H36N2O. The van der Waals surface area contributed by atoms with Gasteiger partial charge in [-0.2, -0.15) is 0 Å². The van der Waals surface area contributed by atoms with Crippen molar-refractivity contribution in [1.29, 1.82) is 0 Å². The molecule has 3 nitrogen and oxygen atoms in total. The molecule has 11 aromatic rings. The van der Waals surface area contributed by atoms with Crippen LogP contribution in [0.1, 0.15) is 17.7 Å². The maximum atomic E-state index is 6.69. The second kappa shape index (κ2) is 12.6. The number of anilines is 3. The Labute approximate surface area is 329 Å². The molecule has 0 bridgehead atoms. The smallest absolute Gasteiger partial charge is 0.159 e. The van der Waals surface area contributed by atoms with Crippen molar-refractivity contribution >= 4 is 88.3 Å². The van der Waals surface area contributed by atoms with Crippen molar-refractivity contribution in [3.05, 3.63) is 199 Å². The van der Waals surface area contributed by atoms with E-state index in [-0.39, 0.29) is 0 Å². The highest BCUT2D eigenvalue weighted by molar-refractivity contribution is 6.26. The zero-order chi connectivity index (χ0) is 37.5. The number of allylic oxidation sites excluding steroid dienone is 1. The van der Waals surface area contributed by atoms with Gasteiger partial charge >= 0.3 is 0 Å². The summed E-state index contributed by atoms with van der Waals surface area (Å²) in [6.07, 6.45) is 6.73. The van der Waals surface area contributed by atoms with E-state index >= 15 is 0 Å². The minimum Gasteiger partial charge on any atom is -0.454 e. The van der Waals surface area contributed by atoms with Crippen LogP contribution in [0.5, 0.6) is 0 Å². The lowest BCUT2D eigenvalue weighted by atomic mass is 9.94. The topological polar surface area (TPSA) is 21.3 Å². The van der Waals surface area contributed by atoms with Crippen molar-refractivity contribution in [3.8, 4) is 16.8 Å². The van der Waals surface area contributed by atoms with Crippen molar-refractivity contribution in [2.75, 3.05) is 4.90 Å². The first kappa shape index (κ1) is 31.9. The van der Waals surface area contributed by atoms with Gasteiger partial charge in [0.05, 0.1) is 11.2 Å². The monoisotopic (exact) mass is 728 g/mol. The Morgan fingerprint density at radius 3 is 1.86 bits per heavy atom. The van der Waals surface area contributed by atoms with Crippen molar-refractivity contribution < 1.29 is 4.42 Å². The van der Waals surface area contributed by atoms with Gasteiger partial charge in [0.15, 0.2) is 5.58 Å². The van der Waals surface area contributed by atoms with Crippen LogP contribution < -0.4 is 4.90 Å². The third-order valence-corrected chi connectivity index (χ3v) is 12.0. The molecular weight excluding hydrogens is 693 g/mol. The minimum absolute atomic E-state index is 0.873. The first-order chi connectivity index (χ1) is 28.3. The number of para-hydroxylation sites is 3. The molecule has 9 aromatic carbocycles. The van der Waals surface area contributed by atoms with E-state index in [1.54, 1.807) is 0 Å². The Morgan fingerprint density at radius 1 is 0.456 bits per heavy atom. The van der Waals surface area contributed by atoms with E-state index in [1.807, 2.05) is 6.07 Å². The molecule has 3 heteroatoms. The average Bonchev–Trinajstić information content (AvgIpc) is 3.83. The van der Waals surface area contributed by atoms with E-state index in [9.17, 15) is 0 Å². The quantitative estimate of drug-likeness (QED) is 0.165. The molecule has 1 aliphatic rings. The third kappa shape index (κ3) is 4.92. The fourth-order valence-corrected chi connectivity index (χ4v) is 9.45. The molecule has 0 aliphatic heterocycles. The Balaban J connectivity index is 1.04. The maximum absolute atomic E-state index is 6.69. The highest BCUT2D eigenvalue weighted by Crippen LogP contribution is 2.45. The fourth-order valence-electron chi connectivity index (χ4n) is 9.45. The Kier molecular flexibility index (Phi) is 7.05. The number of fused-ring (bicyclic) bond motifs is 12. The maximum Gasteiger partial charge on any atom is 0.159 e.